The molecule has 1 heterocycles. The maximum absolute atomic E-state index is 13.8. The van der Waals surface area contributed by atoms with Crippen LogP contribution < -0.4 is 5.32 Å². The number of carbonyl (C=O) groups excluding carboxylic acids is 6. The summed E-state index contributed by atoms with van der Waals surface area (Å²) in [7, 11) is 0. The van der Waals surface area contributed by atoms with Crippen molar-refractivity contribution in [2.24, 2.45) is 0 Å². The Labute approximate surface area is 464 Å². The fourth-order valence-electron chi connectivity index (χ4n) is 9.68. The maximum Gasteiger partial charge on any atom is 0.338 e. The quantitative estimate of drug-likeness (QED) is 0.0214. The van der Waals surface area contributed by atoms with Gasteiger partial charge in [0.25, 0.3) is 0 Å². The minimum Gasteiger partial charge on any atom is -0.463 e. The third-order valence-corrected chi connectivity index (χ3v) is 13.9. The van der Waals surface area contributed by atoms with E-state index in [1.54, 1.807) is 36.4 Å². The van der Waals surface area contributed by atoms with Crippen LogP contribution in [0.4, 0.5) is 0 Å². The molecule has 0 saturated carbocycles. The van der Waals surface area contributed by atoms with Gasteiger partial charge in [-0.25, -0.2) is 4.79 Å². The number of rotatable bonds is 46. The lowest BCUT2D eigenvalue weighted by molar-refractivity contribution is -0.309. The van der Waals surface area contributed by atoms with Gasteiger partial charge in [0.2, 0.25) is 5.91 Å². The van der Waals surface area contributed by atoms with Gasteiger partial charge in [0.1, 0.15) is 18.8 Å². The van der Waals surface area contributed by atoms with Crippen molar-refractivity contribution in [3.8, 4) is 0 Å². The molecule has 77 heavy (non-hydrogen) atoms. The Kier molecular flexibility index (Phi) is 40.3. The summed E-state index contributed by atoms with van der Waals surface area (Å²) in [5.41, 5.74) is 0.307. The summed E-state index contributed by atoms with van der Waals surface area (Å²) in [6, 6.07) is 7.49. The number of esters is 5. The van der Waals surface area contributed by atoms with E-state index < -0.39 is 85.2 Å². The second-order valence-corrected chi connectivity index (χ2v) is 21.1. The Bertz CT molecular complexity index is 1790. The molecule has 14 heteroatoms. The number of hydrogen-bond acceptors (Lipinski definition) is 13. The standard InChI is InChI=1S/C63H103NO13/c1-7-9-11-13-15-17-19-21-22-23-24-25-26-27-28-30-32-34-36-38-43-47-58(69)64-55(48-72-63-61(75-53(6)68)60(74-52(5)67)59(73-51(4)66)57(77-63)49-71-50(3)65)56(76-62(70)54-44-40-39-41-45-54)46-42-37-35-33-31-29-20-18-16-14-12-10-8-2/h39-47,55-57,59-61,63H,7-38,48-49H2,1-6H3,(H,64,69)/t55-,56+,57+,59-,60-,61+,63-/m0/s1. The number of ether oxygens (including phenoxy) is 7. The van der Waals surface area contributed by atoms with Crippen LogP contribution in [0.1, 0.15) is 257 Å². The first-order chi connectivity index (χ1) is 37.4. The number of amides is 1. The predicted molar refractivity (Wildman–Crippen MR) is 303 cm³/mol. The highest BCUT2D eigenvalue weighted by Crippen LogP contribution is 2.31. The summed E-state index contributed by atoms with van der Waals surface area (Å²) in [6.07, 6.45) is 38.2. The van der Waals surface area contributed by atoms with Gasteiger partial charge in [-0.05, 0) is 50.0 Å². The molecule has 0 bridgehead atoms. The number of carbonyl (C=O) groups is 6. The van der Waals surface area contributed by atoms with E-state index in [9.17, 15) is 28.8 Å². The van der Waals surface area contributed by atoms with Crippen molar-refractivity contribution in [3.63, 3.8) is 0 Å². The lowest BCUT2D eigenvalue weighted by Gasteiger charge is -2.44. The fraction of sp³-hybridized carbons (Fsp3) is 0.746. The van der Waals surface area contributed by atoms with Crippen LogP contribution in [0.2, 0.25) is 0 Å². The van der Waals surface area contributed by atoms with Gasteiger partial charge < -0.3 is 38.5 Å². The Hall–Kier alpha value is -4.56. The number of unbranched alkanes of at least 4 members (excludes halogenated alkanes) is 30. The van der Waals surface area contributed by atoms with Gasteiger partial charge in [0.15, 0.2) is 24.6 Å². The lowest BCUT2D eigenvalue weighted by atomic mass is 9.98. The van der Waals surface area contributed by atoms with Crippen molar-refractivity contribution >= 4 is 35.8 Å². The summed E-state index contributed by atoms with van der Waals surface area (Å²) in [6.45, 7) is 8.30. The first-order valence-corrected chi connectivity index (χ1v) is 30.2. The molecular formula is C63H103NO13. The number of benzene rings is 1. The molecule has 0 radical (unpaired) electrons. The summed E-state index contributed by atoms with van der Waals surface area (Å²) in [4.78, 5) is 77.0. The van der Waals surface area contributed by atoms with Crippen molar-refractivity contribution in [2.45, 2.75) is 290 Å². The molecule has 1 aromatic carbocycles. The fourth-order valence-corrected chi connectivity index (χ4v) is 9.68. The van der Waals surface area contributed by atoms with Gasteiger partial charge >= 0.3 is 29.8 Å². The van der Waals surface area contributed by atoms with E-state index in [-0.39, 0.29) is 6.61 Å². The molecule has 7 atom stereocenters. The largest absolute Gasteiger partial charge is 0.463 e. The van der Waals surface area contributed by atoms with Crippen molar-refractivity contribution in [1.82, 2.24) is 5.32 Å². The first-order valence-electron chi connectivity index (χ1n) is 30.2. The van der Waals surface area contributed by atoms with Crippen LogP contribution in [0.15, 0.2) is 54.6 Å². The molecule has 1 saturated heterocycles. The Morgan fingerprint density at radius 1 is 0.519 bits per heavy atom. The monoisotopic (exact) mass is 1080 g/mol. The zero-order valence-corrected chi connectivity index (χ0v) is 48.6. The van der Waals surface area contributed by atoms with E-state index in [2.05, 4.69) is 19.2 Å². The first kappa shape index (κ1) is 68.5. The third-order valence-electron chi connectivity index (χ3n) is 13.9. The number of allylic oxidation sites excluding steroid dienone is 2. The molecule has 0 aliphatic carbocycles. The van der Waals surface area contributed by atoms with Gasteiger partial charge in [-0.2, -0.15) is 0 Å². The molecule has 1 aromatic rings. The third kappa shape index (κ3) is 34.8. The van der Waals surface area contributed by atoms with Crippen LogP contribution in [0, 0.1) is 0 Å². The van der Waals surface area contributed by atoms with E-state index in [4.69, 9.17) is 33.2 Å². The van der Waals surface area contributed by atoms with Crippen LogP contribution in [-0.4, -0.2) is 91.8 Å². The number of nitrogens with one attached hydrogen (secondary N) is 1. The summed E-state index contributed by atoms with van der Waals surface area (Å²) >= 11 is 0. The number of hydrogen-bond donors (Lipinski definition) is 1. The van der Waals surface area contributed by atoms with E-state index in [0.29, 0.717) is 18.4 Å². The maximum atomic E-state index is 13.8. The topological polar surface area (TPSA) is 179 Å². The molecule has 0 aromatic heterocycles. The van der Waals surface area contributed by atoms with Crippen LogP contribution in [0.3, 0.4) is 0 Å². The van der Waals surface area contributed by atoms with Gasteiger partial charge in [0, 0.05) is 27.7 Å². The van der Waals surface area contributed by atoms with Crippen LogP contribution in [-0.2, 0) is 57.1 Å². The molecule has 1 amide bonds. The minimum atomic E-state index is -1.52. The zero-order valence-electron chi connectivity index (χ0n) is 48.6. The van der Waals surface area contributed by atoms with Crippen molar-refractivity contribution < 1.29 is 61.9 Å². The Morgan fingerprint density at radius 3 is 1.38 bits per heavy atom. The molecule has 1 aliphatic heterocycles. The van der Waals surface area contributed by atoms with Crippen molar-refractivity contribution in [1.29, 1.82) is 0 Å². The highest BCUT2D eigenvalue weighted by atomic mass is 16.7. The second kappa shape index (κ2) is 45.3. The summed E-state index contributed by atoms with van der Waals surface area (Å²) in [5, 5.41) is 2.99. The smallest absolute Gasteiger partial charge is 0.338 e. The minimum absolute atomic E-state index is 0.307. The molecule has 1 N–H and O–H groups in total. The summed E-state index contributed by atoms with van der Waals surface area (Å²) in [5.74, 6) is -4.07. The van der Waals surface area contributed by atoms with E-state index >= 15 is 0 Å². The molecule has 1 fully saturated rings. The molecule has 0 spiro atoms. The van der Waals surface area contributed by atoms with Crippen LogP contribution in [0.25, 0.3) is 0 Å². The Morgan fingerprint density at radius 2 is 0.935 bits per heavy atom. The average molecular weight is 1080 g/mol. The molecule has 2 rings (SSSR count). The van der Waals surface area contributed by atoms with Gasteiger partial charge in [-0.3, -0.25) is 24.0 Å². The average Bonchev–Trinajstić information content (AvgIpc) is 3.40. The summed E-state index contributed by atoms with van der Waals surface area (Å²) < 4.78 is 40.8. The Balaban J connectivity index is 2.18. The second-order valence-electron chi connectivity index (χ2n) is 21.1. The lowest BCUT2D eigenvalue weighted by Crippen LogP contribution is -2.63. The predicted octanol–water partition coefficient (Wildman–Crippen LogP) is 14.4. The highest BCUT2D eigenvalue weighted by Gasteiger charge is 2.53. The molecule has 438 valence electrons. The molecule has 14 nitrogen and oxygen atoms in total. The van der Waals surface area contributed by atoms with Crippen LogP contribution >= 0.6 is 0 Å². The van der Waals surface area contributed by atoms with E-state index in [0.717, 1.165) is 59.3 Å². The van der Waals surface area contributed by atoms with Crippen LogP contribution in [0.5, 0.6) is 0 Å². The molecule has 0 unspecified atom stereocenters. The molecule has 1 aliphatic rings. The molecular weight excluding hydrogens is 979 g/mol. The van der Waals surface area contributed by atoms with E-state index in [1.165, 1.54) is 167 Å². The normalized spacial score (nSPS) is 18.2. The zero-order chi connectivity index (χ0) is 56.1. The highest BCUT2D eigenvalue weighted by molar-refractivity contribution is 5.90. The van der Waals surface area contributed by atoms with Crippen molar-refractivity contribution in [2.75, 3.05) is 13.2 Å². The van der Waals surface area contributed by atoms with Gasteiger partial charge in [0.05, 0.1) is 18.2 Å². The van der Waals surface area contributed by atoms with Crippen molar-refractivity contribution in [3.05, 3.63) is 60.2 Å². The van der Waals surface area contributed by atoms with Gasteiger partial charge in [-0.1, -0.05) is 224 Å². The SMILES string of the molecule is CCCCCCCCCCCCCC=C[C@@H](OC(=O)c1ccccc1)[C@H](CO[C@H]1O[C@H](COC(C)=O)[C@H](OC(C)=O)[C@H](OC(C)=O)[C@H]1OC(C)=O)NC(=O)C=CCCCCCCCCCCCCCCCCCCCCC. The van der Waals surface area contributed by atoms with Gasteiger partial charge in [-0.15, -0.1) is 0 Å². The van der Waals surface area contributed by atoms with E-state index in [1.807, 2.05) is 12.2 Å².